The normalized spacial score (nSPS) is 12.0. The number of para-hydroxylation sites is 1. The largest absolute Gasteiger partial charge is 0.456 e. The maximum absolute atomic E-state index is 6.66. The number of furan rings is 2. The number of hydrogen-bond acceptors (Lipinski definition) is 3. The van der Waals surface area contributed by atoms with Crippen LogP contribution in [0.3, 0.4) is 0 Å². The van der Waals surface area contributed by atoms with E-state index in [1.165, 1.54) is 19.6 Å². The van der Waals surface area contributed by atoms with Gasteiger partial charge in [-0.05, 0) is 119 Å². The predicted molar refractivity (Wildman–Crippen MR) is 267 cm³/mol. The number of rotatable bonds is 9. The van der Waals surface area contributed by atoms with E-state index in [9.17, 15) is 0 Å². The monoisotopic (exact) mass is 839 g/mol. The molecule has 0 amide bonds. The van der Waals surface area contributed by atoms with E-state index in [2.05, 4.69) is 241 Å². The van der Waals surface area contributed by atoms with Crippen LogP contribution in [-0.4, -0.2) is 0 Å². The molecular weight excluding hydrogens is 799 g/mol. The summed E-state index contributed by atoms with van der Waals surface area (Å²) >= 11 is 0. The minimum atomic E-state index is -1.85. The lowest BCUT2D eigenvalue weighted by Crippen LogP contribution is -2.10. The van der Waals surface area contributed by atoms with Gasteiger partial charge in [-0.2, -0.15) is 0 Å². The summed E-state index contributed by atoms with van der Waals surface area (Å²) in [6, 6.07) is 89.4. The molecule has 0 radical (unpaired) electrons. The van der Waals surface area contributed by atoms with Crippen LogP contribution in [0, 0.1) is 0 Å². The summed E-state index contributed by atoms with van der Waals surface area (Å²) in [5.74, 6) is 0. The highest BCUT2D eigenvalue weighted by atomic mass is 32.3. The zero-order valence-electron chi connectivity index (χ0n) is 34.8. The van der Waals surface area contributed by atoms with Crippen molar-refractivity contribution in [2.24, 2.45) is 0 Å². The van der Waals surface area contributed by atoms with Crippen molar-refractivity contribution < 1.29 is 8.83 Å². The van der Waals surface area contributed by atoms with Crippen LogP contribution < -0.4 is 4.90 Å². The van der Waals surface area contributed by atoms with Crippen LogP contribution >= 0.6 is 10.0 Å². The van der Waals surface area contributed by atoms with Crippen molar-refractivity contribution in [1.82, 2.24) is 0 Å². The zero-order chi connectivity index (χ0) is 42.5. The van der Waals surface area contributed by atoms with Crippen LogP contribution in [0.25, 0.3) is 66.1 Å². The predicted octanol–water partition coefficient (Wildman–Crippen LogP) is 17.6. The molecule has 0 unspecified atom stereocenters. The molecule has 2 heterocycles. The van der Waals surface area contributed by atoms with Gasteiger partial charge >= 0.3 is 0 Å². The summed E-state index contributed by atoms with van der Waals surface area (Å²) in [7, 11) is -1.85. The van der Waals surface area contributed by atoms with Crippen LogP contribution in [0.1, 0.15) is 0 Å². The van der Waals surface area contributed by atoms with Crippen molar-refractivity contribution in [1.29, 1.82) is 0 Å². The van der Waals surface area contributed by atoms with Crippen molar-refractivity contribution in [3.8, 4) is 22.3 Å². The lowest BCUT2D eigenvalue weighted by atomic mass is 9.98. The Balaban J connectivity index is 1.04. The number of benzene rings is 10. The maximum atomic E-state index is 6.66. The van der Waals surface area contributed by atoms with Crippen LogP contribution in [-0.2, 0) is 0 Å². The average Bonchev–Trinajstić information content (AvgIpc) is 3.95. The standard InChI is InChI=1S/C60H41NO2S/c1-5-18-43(19-6-1)51-29-16-32-56-59(51)60-54(30-17-33-57(60)63-56)61(46-38-39-53-52-28-13-14-31-55(52)62-58(53)41-46)45-36-34-42(35-37-45)44-20-15-27-50(40-44)64(47-21-7-2-8-22-47,48-23-9-3-10-24-48)49-25-11-4-12-26-49/h1-41H. The Morgan fingerprint density at radius 3 is 1.48 bits per heavy atom. The summed E-state index contributed by atoms with van der Waals surface area (Å²) < 4.78 is 13.2. The smallest absolute Gasteiger partial charge is 0.137 e. The molecule has 4 heteroatoms. The third-order valence-electron chi connectivity index (χ3n) is 12.4. The Kier molecular flexibility index (Phi) is 9.24. The molecule has 0 aliphatic rings. The molecule has 12 rings (SSSR count). The van der Waals surface area contributed by atoms with E-state index in [-0.39, 0.29) is 0 Å². The van der Waals surface area contributed by atoms with Crippen LogP contribution in [0.2, 0.25) is 0 Å². The van der Waals surface area contributed by atoms with Crippen LogP contribution in [0.5, 0.6) is 0 Å². The van der Waals surface area contributed by atoms with Crippen molar-refractivity contribution in [3.05, 3.63) is 249 Å². The van der Waals surface area contributed by atoms with Crippen LogP contribution in [0.15, 0.2) is 277 Å². The molecule has 64 heavy (non-hydrogen) atoms. The topological polar surface area (TPSA) is 29.5 Å². The first-order chi connectivity index (χ1) is 31.7. The maximum Gasteiger partial charge on any atom is 0.137 e. The van der Waals surface area contributed by atoms with Gasteiger partial charge in [0, 0.05) is 53.2 Å². The molecule has 0 fully saturated rings. The molecule has 10 aromatic carbocycles. The fourth-order valence-corrected chi connectivity index (χ4v) is 13.4. The van der Waals surface area contributed by atoms with Crippen molar-refractivity contribution >= 4 is 71.0 Å². The van der Waals surface area contributed by atoms with Gasteiger partial charge in [0.15, 0.2) is 0 Å². The minimum Gasteiger partial charge on any atom is -0.456 e. The molecule has 0 saturated heterocycles. The SMILES string of the molecule is c1ccc(-c2cccc3oc4cccc(N(c5ccc(-c6cccc(S(c7ccccc7)(c7ccccc7)c7ccccc7)c6)cc5)c5ccc6c(c5)oc5ccccc56)c4c23)cc1. The van der Waals surface area contributed by atoms with Gasteiger partial charge in [0.2, 0.25) is 0 Å². The number of nitrogens with zero attached hydrogens (tertiary/aromatic N) is 1. The summed E-state index contributed by atoms with van der Waals surface area (Å²) in [6.07, 6.45) is 0. The Morgan fingerprint density at radius 2 is 0.797 bits per heavy atom. The minimum absolute atomic E-state index is 0.834. The number of fused-ring (bicyclic) bond motifs is 6. The molecule has 12 aromatic rings. The quantitative estimate of drug-likeness (QED) is 0.145. The number of hydrogen-bond donors (Lipinski definition) is 0. The average molecular weight is 840 g/mol. The lowest BCUT2D eigenvalue weighted by molar-refractivity contribution is 0.669. The number of anilines is 3. The van der Waals surface area contributed by atoms with Gasteiger partial charge in [-0.25, -0.2) is 0 Å². The molecule has 0 bridgehead atoms. The second-order valence-electron chi connectivity index (χ2n) is 16.0. The van der Waals surface area contributed by atoms with Gasteiger partial charge in [-0.3, -0.25) is 0 Å². The van der Waals surface area contributed by atoms with Gasteiger partial charge in [0.25, 0.3) is 0 Å². The summed E-state index contributed by atoms with van der Waals surface area (Å²) in [4.78, 5) is 7.53. The Morgan fingerprint density at radius 1 is 0.297 bits per heavy atom. The first-order valence-corrected chi connectivity index (χ1v) is 23.3. The van der Waals surface area contributed by atoms with Gasteiger partial charge < -0.3 is 13.7 Å². The molecule has 0 atom stereocenters. The molecule has 2 aromatic heterocycles. The van der Waals surface area contributed by atoms with E-state index in [0.717, 1.165) is 83.2 Å². The van der Waals surface area contributed by atoms with E-state index >= 15 is 0 Å². The molecule has 0 saturated carbocycles. The Bertz CT molecular complexity index is 3500. The second-order valence-corrected chi connectivity index (χ2v) is 19.1. The highest BCUT2D eigenvalue weighted by Crippen LogP contribution is 2.73. The van der Waals surface area contributed by atoms with Gasteiger partial charge in [0.1, 0.15) is 22.3 Å². The highest BCUT2D eigenvalue weighted by molar-refractivity contribution is 8.34. The summed E-state index contributed by atoms with van der Waals surface area (Å²) in [6.45, 7) is 0. The van der Waals surface area contributed by atoms with Crippen molar-refractivity contribution in [2.45, 2.75) is 19.6 Å². The Hall–Kier alpha value is -8.05. The van der Waals surface area contributed by atoms with E-state index < -0.39 is 10.0 Å². The van der Waals surface area contributed by atoms with Gasteiger partial charge in [-0.15, -0.1) is 10.0 Å². The summed E-state index contributed by atoms with van der Waals surface area (Å²) in [5.41, 5.74) is 11.0. The third-order valence-corrected chi connectivity index (χ3v) is 16.3. The second kappa shape index (κ2) is 15.7. The third kappa shape index (κ3) is 6.22. The molecule has 3 nitrogen and oxygen atoms in total. The lowest BCUT2D eigenvalue weighted by Gasteiger charge is -2.42. The van der Waals surface area contributed by atoms with E-state index in [4.69, 9.17) is 8.83 Å². The molecule has 0 spiro atoms. The van der Waals surface area contributed by atoms with E-state index in [1.807, 2.05) is 12.1 Å². The first-order valence-electron chi connectivity index (χ1n) is 21.6. The zero-order valence-corrected chi connectivity index (χ0v) is 35.7. The fraction of sp³-hybridized carbons (Fsp3) is 0. The van der Waals surface area contributed by atoms with E-state index in [0.29, 0.717) is 0 Å². The van der Waals surface area contributed by atoms with Crippen molar-refractivity contribution in [2.75, 3.05) is 4.90 Å². The molecule has 0 aliphatic carbocycles. The molecule has 0 aliphatic heterocycles. The molecule has 0 N–H and O–H groups in total. The van der Waals surface area contributed by atoms with Gasteiger partial charge in [-0.1, -0.05) is 146 Å². The molecule has 304 valence electrons. The molecular formula is C60H41NO2S. The Labute approximate surface area is 373 Å². The van der Waals surface area contributed by atoms with Gasteiger partial charge in [0.05, 0.1) is 11.1 Å². The fourth-order valence-electron chi connectivity index (χ4n) is 9.53. The first kappa shape index (κ1) is 37.7. The van der Waals surface area contributed by atoms with E-state index in [1.54, 1.807) is 0 Å². The summed E-state index contributed by atoms with van der Waals surface area (Å²) in [5, 5.41) is 4.34. The highest BCUT2D eigenvalue weighted by Gasteiger charge is 2.33. The van der Waals surface area contributed by atoms with Crippen LogP contribution in [0.4, 0.5) is 17.1 Å². The van der Waals surface area contributed by atoms with Crippen molar-refractivity contribution in [3.63, 3.8) is 0 Å².